The highest BCUT2D eigenvalue weighted by atomic mass is 16.3. The van der Waals surface area contributed by atoms with Crippen molar-refractivity contribution in [3.8, 4) is 0 Å². The molecule has 0 atom stereocenters. The number of aliphatic hydroxyl groups excluding tert-OH is 1. The molecular weight excluding hydrogens is 156 g/mol. The summed E-state index contributed by atoms with van der Waals surface area (Å²) >= 11 is 0. The number of rotatable bonds is 3. The summed E-state index contributed by atoms with van der Waals surface area (Å²) in [6, 6.07) is 1.78. The Morgan fingerprint density at radius 3 is 3.00 bits per heavy atom. The van der Waals surface area contributed by atoms with Crippen LogP contribution >= 0.6 is 0 Å². The van der Waals surface area contributed by atoms with E-state index in [1.807, 2.05) is 0 Å². The number of hydrogen-bond donors (Lipinski definition) is 1. The quantitative estimate of drug-likeness (QED) is 0.687. The van der Waals surface area contributed by atoms with Crippen LogP contribution in [0.25, 0.3) is 0 Å². The molecule has 1 rings (SSSR count). The van der Waals surface area contributed by atoms with Crippen LogP contribution in [-0.2, 0) is 6.54 Å². The molecule has 0 saturated carbocycles. The summed E-state index contributed by atoms with van der Waals surface area (Å²) in [5, 5.41) is 8.54. The van der Waals surface area contributed by atoms with E-state index < -0.39 is 0 Å². The second-order valence-corrected chi connectivity index (χ2v) is 2.62. The zero-order valence-electron chi connectivity index (χ0n) is 7.03. The summed E-state index contributed by atoms with van der Waals surface area (Å²) in [6.07, 6.45) is 2.28. The Kier molecular flexibility index (Phi) is 2.99. The van der Waals surface area contributed by atoms with Crippen LogP contribution in [0.4, 0.5) is 0 Å². The van der Waals surface area contributed by atoms with Crippen molar-refractivity contribution < 1.29 is 5.11 Å². The fourth-order valence-corrected chi connectivity index (χ4v) is 0.925. The minimum absolute atomic E-state index is 0.0975. The summed E-state index contributed by atoms with van der Waals surface area (Å²) in [5.41, 5.74) is 0.476. The van der Waals surface area contributed by atoms with Crippen LogP contribution in [0.2, 0.25) is 0 Å². The maximum Gasteiger partial charge on any atom is 0.347 e. The molecule has 66 valence electrons. The van der Waals surface area contributed by atoms with Crippen LogP contribution in [0.5, 0.6) is 0 Å². The molecule has 0 amide bonds. The lowest BCUT2D eigenvalue weighted by molar-refractivity contribution is 0.278. The van der Waals surface area contributed by atoms with Gasteiger partial charge in [-0.25, -0.2) is 4.79 Å². The molecule has 0 bridgehead atoms. The average molecular weight is 168 g/mol. The van der Waals surface area contributed by atoms with Crippen LogP contribution in [0.1, 0.15) is 12.1 Å². The largest absolute Gasteiger partial charge is 0.396 e. The summed E-state index contributed by atoms with van der Waals surface area (Å²) in [7, 11) is 0. The first kappa shape index (κ1) is 8.93. The molecule has 0 spiro atoms. The second-order valence-electron chi connectivity index (χ2n) is 2.62. The Bertz CT molecular complexity index is 306. The molecule has 4 nitrogen and oxygen atoms in total. The molecule has 0 aromatic carbocycles. The van der Waals surface area contributed by atoms with Gasteiger partial charge in [-0.2, -0.15) is 4.98 Å². The van der Waals surface area contributed by atoms with Crippen LogP contribution in [0.3, 0.4) is 0 Å². The molecular formula is C8H12N2O2. The first-order valence-corrected chi connectivity index (χ1v) is 3.89. The van der Waals surface area contributed by atoms with Gasteiger partial charge in [0.05, 0.1) is 0 Å². The minimum Gasteiger partial charge on any atom is -0.396 e. The van der Waals surface area contributed by atoms with Crippen molar-refractivity contribution in [2.24, 2.45) is 0 Å². The molecule has 12 heavy (non-hydrogen) atoms. The molecule has 1 N–H and O–H groups in total. The Labute approximate surface area is 70.5 Å². The Balaban J connectivity index is 2.80. The normalized spacial score (nSPS) is 10.2. The molecule has 4 heteroatoms. The lowest BCUT2D eigenvalue weighted by atomic mass is 10.4. The zero-order chi connectivity index (χ0) is 8.97. The van der Waals surface area contributed by atoms with E-state index in [2.05, 4.69) is 4.98 Å². The van der Waals surface area contributed by atoms with Gasteiger partial charge >= 0.3 is 5.69 Å². The molecule has 1 aromatic rings. The van der Waals surface area contributed by atoms with E-state index >= 15 is 0 Å². The first-order chi connectivity index (χ1) is 5.74. The predicted molar refractivity (Wildman–Crippen MR) is 44.9 cm³/mol. The van der Waals surface area contributed by atoms with E-state index in [1.54, 1.807) is 19.2 Å². The van der Waals surface area contributed by atoms with Crippen molar-refractivity contribution in [3.63, 3.8) is 0 Å². The number of hydrogen-bond acceptors (Lipinski definition) is 3. The molecule has 0 aliphatic carbocycles. The van der Waals surface area contributed by atoms with Crippen LogP contribution in [-0.4, -0.2) is 21.3 Å². The molecule has 1 aromatic heterocycles. The summed E-state index contributed by atoms with van der Waals surface area (Å²) in [4.78, 5) is 14.9. The fourth-order valence-electron chi connectivity index (χ4n) is 0.925. The van der Waals surface area contributed by atoms with Gasteiger partial charge in [0, 0.05) is 25.0 Å². The third kappa shape index (κ3) is 2.17. The van der Waals surface area contributed by atoms with Crippen molar-refractivity contribution in [1.29, 1.82) is 0 Å². The molecule has 0 aliphatic rings. The lowest BCUT2D eigenvalue weighted by Gasteiger charge is -2.02. The van der Waals surface area contributed by atoms with Crippen molar-refractivity contribution in [1.82, 2.24) is 9.55 Å². The van der Waals surface area contributed by atoms with E-state index in [1.165, 1.54) is 4.57 Å². The van der Waals surface area contributed by atoms with Crippen molar-refractivity contribution >= 4 is 0 Å². The molecule has 0 unspecified atom stereocenters. The van der Waals surface area contributed by atoms with Crippen LogP contribution < -0.4 is 5.69 Å². The summed E-state index contributed by atoms with van der Waals surface area (Å²) < 4.78 is 1.49. The van der Waals surface area contributed by atoms with Gasteiger partial charge in [0.1, 0.15) is 0 Å². The molecule has 1 heterocycles. The number of aromatic nitrogens is 2. The predicted octanol–water partition coefficient (Wildman–Crippen LogP) is -0.0659. The lowest BCUT2D eigenvalue weighted by Crippen LogP contribution is -2.23. The molecule has 0 fully saturated rings. The zero-order valence-corrected chi connectivity index (χ0v) is 7.03. The van der Waals surface area contributed by atoms with Gasteiger partial charge in [0.25, 0.3) is 0 Å². The molecule has 0 radical (unpaired) electrons. The van der Waals surface area contributed by atoms with E-state index in [-0.39, 0.29) is 12.3 Å². The number of aryl methyl sites for hydroxylation is 2. The van der Waals surface area contributed by atoms with Gasteiger partial charge < -0.3 is 5.11 Å². The summed E-state index contributed by atoms with van der Waals surface area (Å²) in [5.74, 6) is 0. The van der Waals surface area contributed by atoms with Crippen LogP contribution in [0, 0.1) is 6.92 Å². The van der Waals surface area contributed by atoms with Gasteiger partial charge in [0.15, 0.2) is 0 Å². The monoisotopic (exact) mass is 168 g/mol. The van der Waals surface area contributed by atoms with Crippen molar-refractivity contribution in [2.75, 3.05) is 6.61 Å². The Morgan fingerprint density at radius 1 is 1.67 bits per heavy atom. The molecule has 0 aliphatic heterocycles. The first-order valence-electron chi connectivity index (χ1n) is 3.89. The highest BCUT2D eigenvalue weighted by Crippen LogP contribution is 1.88. The van der Waals surface area contributed by atoms with E-state index in [0.717, 1.165) is 5.69 Å². The van der Waals surface area contributed by atoms with Gasteiger partial charge in [0.2, 0.25) is 0 Å². The van der Waals surface area contributed by atoms with Gasteiger partial charge in [-0.15, -0.1) is 0 Å². The highest BCUT2D eigenvalue weighted by molar-refractivity contribution is 4.95. The second kappa shape index (κ2) is 4.01. The standard InChI is InChI=1S/C8H12N2O2/c1-7-3-5-10(4-2-6-11)8(12)9-7/h3,5,11H,2,4,6H2,1H3. The van der Waals surface area contributed by atoms with Gasteiger partial charge in [-0.3, -0.25) is 4.57 Å². The van der Waals surface area contributed by atoms with Crippen molar-refractivity contribution in [2.45, 2.75) is 19.9 Å². The maximum atomic E-state index is 11.1. The van der Waals surface area contributed by atoms with E-state index in [9.17, 15) is 4.79 Å². The number of nitrogens with zero attached hydrogens (tertiary/aromatic N) is 2. The van der Waals surface area contributed by atoms with Gasteiger partial charge in [-0.1, -0.05) is 0 Å². The average Bonchev–Trinajstić information content (AvgIpc) is 2.03. The Morgan fingerprint density at radius 2 is 2.42 bits per heavy atom. The Hall–Kier alpha value is -1.16. The fraction of sp³-hybridized carbons (Fsp3) is 0.500. The minimum atomic E-state index is -0.247. The van der Waals surface area contributed by atoms with Crippen LogP contribution in [0.15, 0.2) is 17.1 Å². The maximum absolute atomic E-state index is 11.1. The van der Waals surface area contributed by atoms with Gasteiger partial charge in [-0.05, 0) is 19.4 Å². The number of aliphatic hydroxyl groups is 1. The summed E-state index contributed by atoms with van der Waals surface area (Å²) in [6.45, 7) is 2.40. The van der Waals surface area contributed by atoms with E-state index in [0.29, 0.717) is 13.0 Å². The molecule has 0 saturated heterocycles. The topological polar surface area (TPSA) is 55.1 Å². The highest BCUT2D eigenvalue weighted by Gasteiger charge is 1.95. The third-order valence-corrected chi connectivity index (χ3v) is 1.57. The third-order valence-electron chi connectivity index (χ3n) is 1.57. The van der Waals surface area contributed by atoms with Crippen molar-refractivity contribution in [3.05, 3.63) is 28.4 Å². The smallest absolute Gasteiger partial charge is 0.347 e. The SMILES string of the molecule is Cc1ccn(CCCO)c(=O)n1. The van der Waals surface area contributed by atoms with E-state index in [4.69, 9.17) is 5.11 Å².